The summed E-state index contributed by atoms with van der Waals surface area (Å²) in [6, 6.07) is 7.54. The molecule has 0 aliphatic carbocycles. The molecule has 0 atom stereocenters. The molecule has 1 aromatic heterocycles. The van der Waals surface area contributed by atoms with E-state index in [0.717, 1.165) is 48.3 Å². The van der Waals surface area contributed by atoms with Crippen LogP contribution in [0.4, 0.5) is 10.8 Å². The lowest BCUT2D eigenvalue weighted by molar-refractivity contribution is -0.133. The van der Waals surface area contributed by atoms with Gasteiger partial charge in [0.05, 0.1) is 17.9 Å². The van der Waals surface area contributed by atoms with Crippen molar-refractivity contribution >= 4 is 34.0 Å². The summed E-state index contributed by atoms with van der Waals surface area (Å²) in [5, 5.41) is 3.08. The molecule has 2 aliphatic rings. The number of amides is 2. The molecule has 0 N–H and O–H groups in total. The summed E-state index contributed by atoms with van der Waals surface area (Å²) in [4.78, 5) is 35.9. The number of hydrogen-bond acceptors (Lipinski definition) is 6. The van der Waals surface area contributed by atoms with Crippen LogP contribution in [0.1, 0.15) is 25.0 Å². The summed E-state index contributed by atoms with van der Waals surface area (Å²) >= 11 is 1.65. The third-order valence-electron chi connectivity index (χ3n) is 5.31. The van der Waals surface area contributed by atoms with Crippen molar-refractivity contribution in [2.75, 3.05) is 49.1 Å². The summed E-state index contributed by atoms with van der Waals surface area (Å²) in [5.74, 6) is 0.754. The van der Waals surface area contributed by atoms with Gasteiger partial charge in [0.2, 0.25) is 11.8 Å². The number of aryl methyl sites for hydroxylation is 1. The van der Waals surface area contributed by atoms with E-state index in [1.54, 1.807) is 16.2 Å². The van der Waals surface area contributed by atoms with E-state index >= 15 is 0 Å². The number of rotatable bonds is 4. The van der Waals surface area contributed by atoms with Gasteiger partial charge in [-0.3, -0.25) is 9.59 Å². The maximum absolute atomic E-state index is 12.7. The highest BCUT2D eigenvalue weighted by atomic mass is 32.1. The molecule has 29 heavy (non-hydrogen) atoms. The number of benzene rings is 1. The third kappa shape index (κ3) is 4.53. The van der Waals surface area contributed by atoms with Gasteiger partial charge in [0, 0.05) is 44.4 Å². The number of carbonyl (C=O) groups excluding carboxylic acids is 2. The predicted octanol–water partition coefficient (Wildman–Crippen LogP) is 2.70. The Kier molecular flexibility index (Phi) is 5.99. The summed E-state index contributed by atoms with van der Waals surface area (Å²) in [6.45, 7) is 6.09. The van der Waals surface area contributed by atoms with Crippen molar-refractivity contribution in [1.82, 2.24) is 9.88 Å². The van der Waals surface area contributed by atoms with Crippen molar-refractivity contribution in [1.29, 1.82) is 0 Å². The fourth-order valence-electron chi connectivity index (χ4n) is 3.78. The topological polar surface area (TPSA) is 66.0 Å². The molecule has 154 valence electrons. The minimum absolute atomic E-state index is 0.0243. The molecule has 2 amide bonds. The third-order valence-corrected chi connectivity index (χ3v) is 6.33. The number of thiazole rings is 1. The van der Waals surface area contributed by atoms with E-state index in [2.05, 4.69) is 15.3 Å². The summed E-state index contributed by atoms with van der Waals surface area (Å²) < 4.78 is 5.61. The first-order valence-electron chi connectivity index (χ1n) is 10.1. The molecular weight excluding hydrogens is 388 g/mol. The van der Waals surface area contributed by atoms with Crippen LogP contribution in [0.15, 0.2) is 29.6 Å². The Hall–Kier alpha value is -2.61. The largest absolute Gasteiger partial charge is 0.490 e. The SMILES string of the molecule is Cc1csc(N2CCCN(C(=O)CCC(=O)N3CCOc4ccccc43)CC2)n1. The van der Waals surface area contributed by atoms with Crippen LogP contribution in [-0.2, 0) is 9.59 Å². The fourth-order valence-corrected chi connectivity index (χ4v) is 4.64. The molecule has 4 rings (SSSR count). The number of carbonyl (C=O) groups is 2. The van der Waals surface area contributed by atoms with E-state index in [1.165, 1.54) is 0 Å². The Bertz CT molecular complexity index is 884. The van der Waals surface area contributed by atoms with Crippen LogP contribution in [0.3, 0.4) is 0 Å². The Balaban J connectivity index is 1.30. The van der Waals surface area contributed by atoms with Gasteiger partial charge in [0.1, 0.15) is 12.4 Å². The highest BCUT2D eigenvalue weighted by Crippen LogP contribution is 2.31. The molecule has 1 aromatic carbocycles. The first kappa shape index (κ1) is 19.7. The average molecular weight is 415 g/mol. The van der Waals surface area contributed by atoms with Crippen molar-refractivity contribution in [3.8, 4) is 5.75 Å². The molecule has 0 radical (unpaired) electrons. The van der Waals surface area contributed by atoms with Gasteiger partial charge in [0.15, 0.2) is 5.13 Å². The van der Waals surface area contributed by atoms with E-state index in [4.69, 9.17) is 4.74 Å². The van der Waals surface area contributed by atoms with Crippen LogP contribution in [0.25, 0.3) is 0 Å². The maximum atomic E-state index is 12.7. The van der Waals surface area contributed by atoms with Crippen LogP contribution >= 0.6 is 11.3 Å². The molecule has 0 spiro atoms. The van der Waals surface area contributed by atoms with E-state index in [9.17, 15) is 9.59 Å². The van der Waals surface area contributed by atoms with Gasteiger partial charge in [-0.25, -0.2) is 4.98 Å². The summed E-state index contributed by atoms with van der Waals surface area (Å²) in [5.41, 5.74) is 1.82. The second-order valence-electron chi connectivity index (χ2n) is 7.35. The zero-order valence-corrected chi connectivity index (χ0v) is 17.5. The number of hydrogen-bond donors (Lipinski definition) is 0. The molecule has 3 heterocycles. The van der Waals surface area contributed by atoms with Gasteiger partial charge in [-0.1, -0.05) is 12.1 Å². The van der Waals surface area contributed by atoms with Crippen molar-refractivity contribution < 1.29 is 14.3 Å². The lowest BCUT2D eigenvalue weighted by Gasteiger charge is -2.29. The van der Waals surface area contributed by atoms with Gasteiger partial charge >= 0.3 is 0 Å². The lowest BCUT2D eigenvalue weighted by Crippen LogP contribution is -2.39. The Morgan fingerprint density at radius 2 is 1.90 bits per heavy atom. The second kappa shape index (κ2) is 8.82. The maximum Gasteiger partial charge on any atom is 0.227 e. The molecule has 1 saturated heterocycles. The fraction of sp³-hybridized carbons (Fsp3) is 0.476. The minimum Gasteiger partial charge on any atom is -0.490 e. The first-order valence-corrected chi connectivity index (χ1v) is 11.0. The molecule has 2 aliphatic heterocycles. The molecule has 0 saturated carbocycles. The molecule has 7 nitrogen and oxygen atoms in total. The van der Waals surface area contributed by atoms with Crippen molar-refractivity contribution in [2.45, 2.75) is 26.2 Å². The van der Waals surface area contributed by atoms with E-state index in [0.29, 0.717) is 19.7 Å². The van der Waals surface area contributed by atoms with Crippen LogP contribution in [0, 0.1) is 6.92 Å². The monoisotopic (exact) mass is 414 g/mol. The van der Waals surface area contributed by atoms with Gasteiger partial charge < -0.3 is 19.4 Å². The van der Waals surface area contributed by atoms with Crippen molar-refractivity contribution in [3.05, 3.63) is 35.3 Å². The highest BCUT2D eigenvalue weighted by Gasteiger charge is 2.25. The van der Waals surface area contributed by atoms with Crippen LogP contribution in [0.2, 0.25) is 0 Å². The molecule has 0 bridgehead atoms. The average Bonchev–Trinajstić information content (AvgIpc) is 3.03. The van der Waals surface area contributed by atoms with Crippen LogP contribution in [-0.4, -0.2) is 61.0 Å². The molecule has 2 aromatic rings. The Morgan fingerprint density at radius 3 is 2.72 bits per heavy atom. The molecule has 8 heteroatoms. The number of aromatic nitrogens is 1. The van der Waals surface area contributed by atoms with Crippen LogP contribution < -0.4 is 14.5 Å². The lowest BCUT2D eigenvalue weighted by atomic mass is 10.2. The molecule has 0 unspecified atom stereocenters. The molecular formula is C21H26N4O3S. The van der Waals surface area contributed by atoms with E-state index in [1.807, 2.05) is 36.1 Å². The highest BCUT2D eigenvalue weighted by molar-refractivity contribution is 7.13. The zero-order valence-electron chi connectivity index (χ0n) is 16.7. The summed E-state index contributed by atoms with van der Waals surface area (Å²) in [7, 11) is 0. The standard InChI is InChI=1S/C21H26N4O3S/c1-16-15-29-21(22-16)24-10-4-9-23(11-12-24)19(26)7-8-20(27)25-13-14-28-18-6-3-2-5-17(18)25/h2-3,5-6,15H,4,7-14H2,1H3. The van der Waals surface area contributed by atoms with Gasteiger partial charge in [0.25, 0.3) is 0 Å². The van der Waals surface area contributed by atoms with Crippen LogP contribution in [0.5, 0.6) is 5.75 Å². The van der Waals surface area contributed by atoms with Crippen molar-refractivity contribution in [2.24, 2.45) is 0 Å². The van der Waals surface area contributed by atoms with E-state index < -0.39 is 0 Å². The number of para-hydroxylation sites is 2. The quantitative estimate of drug-likeness (QED) is 0.770. The normalized spacial score (nSPS) is 16.8. The number of anilines is 2. The predicted molar refractivity (Wildman–Crippen MR) is 114 cm³/mol. The minimum atomic E-state index is -0.0243. The number of ether oxygens (including phenoxy) is 1. The zero-order chi connectivity index (χ0) is 20.2. The van der Waals surface area contributed by atoms with E-state index in [-0.39, 0.29) is 24.7 Å². The second-order valence-corrected chi connectivity index (χ2v) is 8.19. The van der Waals surface area contributed by atoms with Gasteiger partial charge in [-0.15, -0.1) is 11.3 Å². The summed E-state index contributed by atoms with van der Waals surface area (Å²) in [6.07, 6.45) is 1.38. The van der Waals surface area contributed by atoms with Crippen molar-refractivity contribution in [3.63, 3.8) is 0 Å². The smallest absolute Gasteiger partial charge is 0.227 e. The number of nitrogens with zero attached hydrogens (tertiary/aromatic N) is 4. The Labute approximate surface area is 174 Å². The van der Waals surface area contributed by atoms with Gasteiger partial charge in [-0.2, -0.15) is 0 Å². The number of fused-ring (bicyclic) bond motifs is 1. The first-order chi connectivity index (χ1) is 14.1. The molecule has 1 fully saturated rings. The van der Waals surface area contributed by atoms with Gasteiger partial charge in [-0.05, 0) is 25.5 Å². The Morgan fingerprint density at radius 1 is 1.07 bits per heavy atom.